The number of nitrogens with two attached hydrogens (primary N) is 1. The zero-order valence-corrected chi connectivity index (χ0v) is 24.2. The first-order valence-corrected chi connectivity index (χ1v) is 14.2. The lowest BCUT2D eigenvalue weighted by molar-refractivity contribution is -0.137. The summed E-state index contributed by atoms with van der Waals surface area (Å²) >= 11 is 1.19. The molecule has 3 N–H and O–H groups in total. The number of fused-ring (bicyclic) bond motifs is 1. The summed E-state index contributed by atoms with van der Waals surface area (Å²) < 4.78 is 40.1. The lowest BCUT2D eigenvalue weighted by Gasteiger charge is -2.17. The second-order valence-electron chi connectivity index (χ2n) is 9.82. The molecule has 0 saturated carbocycles. The minimum atomic E-state index is -4.40. The molecule has 0 radical (unpaired) electrons. The topological polar surface area (TPSA) is 110 Å². The van der Waals surface area contributed by atoms with Crippen molar-refractivity contribution in [2.24, 2.45) is 5.73 Å². The molecule has 44 heavy (non-hydrogen) atoms. The SMILES string of the molecule is CN(C(=O)c1ccccc1)c1ccc2c(c1)nc(NC(=O)c1ccc(/C=C/c3ccc(C(F)(F)F)cc3)s1)n2CCC(N)=O. The van der Waals surface area contributed by atoms with Gasteiger partial charge in [-0.15, -0.1) is 11.3 Å². The van der Waals surface area contributed by atoms with Gasteiger partial charge >= 0.3 is 6.18 Å². The summed E-state index contributed by atoms with van der Waals surface area (Å²) in [6.07, 6.45) is -1.02. The monoisotopic (exact) mass is 617 g/mol. The number of alkyl halides is 3. The summed E-state index contributed by atoms with van der Waals surface area (Å²) in [5, 5.41) is 2.80. The highest BCUT2D eigenvalue weighted by atomic mass is 32.1. The first kappa shape index (κ1) is 30.2. The molecule has 2 aromatic heterocycles. The molecule has 5 aromatic rings. The van der Waals surface area contributed by atoms with Gasteiger partial charge in [0.25, 0.3) is 11.8 Å². The number of hydrogen-bond acceptors (Lipinski definition) is 5. The molecule has 0 unspecified atom stereocenters. The minimum Gasteiger partial charge on any atom is -0.370 e. The number of benzene rings is 3. The van der Waals surface area contributed by atoms with Crippen LogP contribution in [0, 0.1) is 0 Å². The predicted molar refractivity (Wildman–Crippen MR) is 165 cm³/mol. The van der Waals surface area contributed by atoms with Crippen LogP contribution in [-0.2, 0) is 17.5 Å². The van der Waals surface area contributed by atoms with Crippen LogP contribution in [0.4, 0.5) is 24.8 Å². The van der Waals surface area contributed by atoms with Gasteiger partial charge in [-0.05, 0) is 66.2 Å². The fourth-order valence-electron chi connectivity index (χ4n) is 4.45. The van der Waals surface area contributed by atoms with E-state index in [1.165, 1.54) is 28.4 Å². The zero-order chi connectivity index (χ0) is 31.4. The predicted octanol–water partition coefficient (Wildman–Crippen LogP) is 6.69. The third-order valence-electron chi connectivity index (χ3n) is 6.78. The van der Waals surface area contributed by atoms with Crippen molar-refractivity contribution in [3.63, 3.8) is 0 Å². The van der Waals surface area contributed by atoms with Crippen LogP contribution >= 0.6 is 11.3 Å². The first-order chi connectivity index (χ1) is 21.0. The fraction of sp³-hybridized carbons (Fsp3) is 0.125. The van der Waals surface area contributed by atoms with Crippen LogP contribution in [0.25, 0.3) is 23.2 Å². The maximum atomic E-state index is 13.2. The molecule has 0 aliphatic heterocycles. The van der Waals surface area contributed by atoms with Crippen LogP contribution in [0.5, 0.6) is 0 Å². The summed E-state index contributed by atoms with van der Waals surface area (Å²) in [6.45, 7) is 0.172. The van der Waals surface area contributed by atoms with Gasteiger partial charge in [0.2, 0.25) is 11.9 Å². The smallest absolute Gasteiger partial charge is 0.370 e. The molecular weight excluding hydrogens is 591 g/mol. The van der Waals surface area contributed by atoms with E-state index >= 15 is 0 Å². The summed E-state index contributed by atoms with van der Waals surface area (Å²) in [4.78, 5) is 44.9. The Balaban J connectivity index is 1.36. The highest BCUT2D eigenvalue weighted by Gasteiger charge is 2.29. The Morgan fingerprint density at radius 3 is 2.39 bits per heavy atom. The minimum absolute atomic E-state index is 0.0143. The van der Waals surface area contributed by atoms with Gasteiger partial charge in [0.1, 0.15) is 0 Å². The van der Waals surface area contributed by atoms with E-state index in [0.717, 1.165) is 12.1 Å². The van der Waals surface area contributed by atoms with Crippen molar-refractivity contribution >= 4 is 63.9 Å². The van der Waals surface area contributed by atoms with Crippen molar-refractivity contribution in [1.82, 2.24) is 9.55 Å². The Hall–Kier alpha value is -5.23. The van der Waals surface area contributed by atoms with Gasteiger partial charge < -0.3 is 15.2 Å². The van der Waals surface area contributed by atoms with E-state index < -0.39 is 23.6 Å². The number of carbonyl (C=O) groups excluding carboxylic acids is 3. The van der Waals surface area contributed by atoms with Gasteiger partial charge in [-0.2, -0.15) is 13.2 Å². The average molecular weight is 618 g/mol. The van der Waals surface area contributed by atoms with Crippen molar-refractivity contribution in [1.29, 1.82) is 0 Å². The number of aryl methyl sites for hydroxylation is 1. The molecule has 224 valence electrons. The molecule has 0 atom stereocenters. The summed E-state index contributed by atoms with van der Waals surface area (Å²) in [5.74, 6) is -0.948. The van der Waals surface area contributed by atoms with E-state index in [1.54, 1.807) is 78.4 Å². The maximum Gasteiger partial charge on any atom is 0.416 e. The van der Waals surface area contributed by atoms with Crippen LogP contribution in [0.1, 0.15) is 42.5 Å². The van der Waals surface area contributed by atoms with Crippen LogP contribution in [0.2, 0.25) is 0 Å². The van der Waals surface area contributed by atoms with Gasteiger partial charge in [-0.3, -0.25) is 19.7 Å². The third kappa shape index (κ3) is 6.87. The second kappa shape index (κ2) is 12.6. The number of rotatable bonds is 9. The lowest BCUT2D eigenvalue weighted by atomic mass is 10.1. The van der Waals surface area contributed by atoms with Gasteiger partial charge in [0.05, 0.1) is 21.5 Å². The molecule has 12 heteroatoms. The highest BCUT2D eigenvalue weighted by Crippen LogP contribution is 2.30. The quantitative estimate of drug-likeness (QED) is 0.192. The standard InChI is InChI=1S/C32H26F3N5O3S/c1-39(30(43)21-5-3-2-4-6-21)23-12-15-26-25(19-23)37-31(40(26)18-17-28(36)41)38-29(42)27-16-14-24(44-27)13-9-20-7-10-22(11-8-20)32(33,34)35/h2-16,19H,17-18H2,1H3,(H2,36,41)(H,37,38,42)/b13-9+. The fourth-order valence-corrected chi connectivity index (χ4v) is 5.26. The number of hydrogen-bond donors (Lipinski definition) is 2. The van der Waals surface area contributed by atoms with Gasteiger partial charge in [-0.25, -0.2) is 4.98 Å². The number of imidazole rings is 1. The molecule has 2 heterocycles. The third-order valence-corrected chi connectivity index (χ3v) is 7.83. The van der Waals surface area contributed by atoms with Crippen LogP contribution in [0.3, 0.4) is 0 Å². The number of carbonyl (C=O) groups is 3. The van der Waals surface area contributed by atoms with Crippen molar-refractivity contribution in [3.8, 4) is 0 Å². The van der Waals surface area contributed by atoms with E-state index in [1.807, 2.05) is 6.07 Å². The average Bonchev–Trinajstić information content (AvgIpc) is 3.62. The van der Waals surface area contributed by atoms with Gasteiger partial charge in [-0.1, -0.05) is 36.4 Å². The number of primary amides is 1. The van der Waals surface area contributed by atoms with E-state index in [2.05, 4.69) is 10.3 Å². The molecule has 0 bridgehead atoms. The number of anilines is 2. The second-order valence-corrected chi connectivity index (χ2v) is 10.9. The normalized spacial score (nSPS) is 11.6. The summed E-state index contributed by atoms with van der Waals surface area (Å²) in [6, 6.07) is 22.2. The summed E-state index contributed by atoms with van der Waals surface area (Å²) in [7, 11) is 1.66. The molecule has 8 nitrogen and oxygen atoms in total. The molecular formula is C32H26F3N5O3S. The van der Waals surface area contributed by atoms with Crippen molar-refractivity contribution < 1.29 is 27.6 Å². The molecule has 0 fully saturated rings. The van der Waals surface area contributed by atoms with Crippen LogP contribution in [-0.4, -0.2) is 34.3 Å². The maximum absolute atomic E-state index is 13.2. The molecule has 0 saturated heterocycles. The van der Waals surface area contributed by atoms with E-state index in [0.29, 0.717) is 37.6 Å². The molecule has 0 aliphatic carbocycles. The summed E-state index contributed by atoms with van der Waals surface area (Å²) in [5.41, 5.74) is 7.50. The Morgan fingerprint density at radius 2 is 1.70 bits per heavy atom. The van der Waals surface area contributed by atoms with E-state index in [4.69, 9.17) is 5.73 Å². The number of amides is 3. The lowest BCUT2D eigenvalue weighted by Crippen LogP contribution is -2.26. The first-order valence-electron chi connectivity index (χ1n) is 13.4. The number of aromatic nitrogens is 2. The highest BCUT2D eigenvalue weighted by molar-refractivity contribution is 7.15. The molecule has 5 rings (SSSR count). The van der Waals surface area contributed by atoms with Gasteiger partial charge in [0.15, 0.2) is 0 Å². The van der Waals surface area contributed by atoms with Crippen molar-refractivity contribution in [3.05, 3.63) is 111 Å². The Labute approximate surface area is 254 Å². The molecule has 3 amide bonds. The molecule has 0 spiro atoms. The van der Waals surface area contributed by atoms with Crippen LogP contribution in [0.15, 0.2) is 84.9 Å². The van der Waals surface area contributed by atoms with Crippen LogP contribution < -0.4 is 16.0 Å². The largest absolute Gasteiger partial charge is 0.416 e. The molecule has 3 aromatic carbocycles. The number of nitrogens with zero attached hydrogens (tertiary/aromatic N) is 3. The Kier molecular flexibility index (Phi) is 8.63. The Bertz CT molecular complexity index is 1860. The zero-order valence-electron chi connectivity index (χ0n) is 23.3. The van der Waals surface area contributed by atoms with Gasteiger partial charge in [0, 0.05) is 36.1 Å². The Morgan fingerprint density at radius 1 is 0.977 bits per heavy atom. The molecule has 0 aliphatic rings. The van der Waals surface area contributed by atoms with Crippen molar-refractivity contribution in [2.75, 3.05) is 17.3 Å². The van der Waals surface area contributed by atoms with E-state index in [-0.39, 0.29) is 24.8 Å². The number of thiophene rings is 1. The van der Waals surface area contributed by atoms with E-state index in [9.17, 15) is 27.6 Å². The number of halogens is 3. The number of nitrogens with one attached hydrogen (secondary N) is 1. The van der Waals surface area contributed by atoms with Crippen molar-refractivity contribution in [2.45, 2.75) is 19.1 Å².